The van der Waals surface area contributed by atoms with E-state index in [1.807, 2.05) is 0 Å². The van der Waals surface area contributed by atoms with Crippen molar-refractivity contribution < 1.29 is 28.6 Å². The van der Waals surface area contributed by atoms with Gasteiger partial charge in [0.05, 0.1) is 0 Å². The van der Waals surface area contributed by atoms with Gasteiger partial charge >= 0.3 is 17.9 Å². The van der Waals surface area contributed by atoms with E-state index in [0.717, 1.165) is 116 Å². The molecule has 0 aromatic rings. The zero-order valence-electron chi connectivity index (χ0n) is 43.4. The van der Waals surface area contributed by atoms with Gasteiger partial charge in [-0.2, -0.15) is 0 Å². The maximum Gasteiger partial charge on any atom is 0.306 e. The smallest absolute Gasteiger partial charge is 0.306 e. The van der Waals surface area contributed by atoms with Gasteiger partial charge in [-0.1, -0.05) is 201 Å². The first-order valence-electron chi connectivity index (χ1n) is 27.4. The van der Waals surface area contributed by atoms with E-state index in [0.29, 0.717) is 19.3 Å². The van der Waals surface area contributed by atoms with Crippen LogP contribution < -0.4 is 0 Å². The third-order valence-corrected chi connectivity index (χ3v) is 11.2. The molecule has 0 spiro atoms. The average molecular weight is 929 g/mol. The number of allylic oxidation sites excluding steroid dienone is 18. The minimum atomic E-state index is -0.814. The Morgan fingerprint density at radius 1 is 0.313 bits per heavy atom. The highest BCUT2D eigenvalue weighted by atomic mass is 16.6. The molecule has 1 atom stereocenters. The third-order valence-electron chi connectivity index (χ3n) is 11.2. The summed E-state index contributed by atoms with van der Waals surface area (Å²) in [6, 6.07) is 0. The minimum Gasteiger partial charge on any atom is -0.462 e. The summed E-state index contributed by atoms with van der Waals surface area (Å²) >= 11 is 0. The quantitative estimate of drug-likeness (QED) is 0.0262. The molecule has 0 aromatic carbocycles. The molecule has 67 heavy (non-hydrogen) atoms. The van der Waals surface area contributed by atoms with Gasteiger partial charge in [0.25, 0.3) is 0 Å². The minimum absolute atomic E-state index is 0.107. The van der Waals surface area contributed by atoms with E-state index in [1.54, 1.807) is 0 Å². The van der Waals surface area contributed by atoms with Gasteiger partial charge in [-0.25, -0.2) is 0 Å². The third kappa shape index (κ3) is 52.9. The van der Waals surface area contributed by atoms with Crippen molar-refractivity contribution >= 4 is 17.9 Å². The van der Waals surface area contributed by atoms with Crippen LogP contribution in [-0.4, -0.2) is 37.2 Å². The van der Waals surface area contributed by atoms with Crippen LogP contribution in [0.3, 0.4) is 0 Å². The van der Waals surface area contributed by atoms with Crippen LogP contribution in [0.25, 0.3) is 0 Å². The average Bonchev–Trinajstić information content (AvgIpc) is 3.33. The normalized spacial score (nSPS) is 12.9. The number of hydrogen-bond acceptors (Lipinski definition) is 6. The summed E-state index contributed by atoms with van der Waals surface area (Å²) in [6.07, 6.45) is 73.5. The van der Waals surface area contributed by atoms with Gasteiger partial charge in [-0.15, -0.1) is 0 Å². The number of carbonyl (C=O) groups excluding carboxylic acids is 3. The number of ether oxygens (including phenoxy) is 3. The maximum absolute atomic E-state index is 12.8. The fourth-order valence-corrected chi connectivity index (χ4v) is 7.12. The van der Waals surface area contributed by atoms with Gasteiger partial charge in [0.2, 0.25) is 0 Å². The molecule has 0 aliphatic heterocycles. The van der Waals surface area contributed by atoms with Gasteiger partial charge in [0.1, 0.15) is 13.2 Å². The van der Waals surface area contributed by atoms with Crippen molar-refractivity contribution in [2.75, 3.05) is 13.2 Å². The molecular weight excluding hydrogens is 829 g/mol. The van der Waals surface area contributed by atoms with Gasteiger partial charge < -0.3 is 14.2 Å². The highest BCUT2D eigenvalue weighted by Gasteiger charge is 2.19. The molecule has 0 aliphatic rings. The fourth-order valence-electron chi connectivity index (χ4n) is 7.12. The molecule has 6 nitrogen and oxygen atoms in total. The molecule has 0 N–H and O–H groups in total. The predicted octanol–water partition coefficient (Wildman–Crippen LogP) is 18.3. The Morgan fingerprint density at radius 3 is 0.940 bits per heavy atom. The molecule has 0 unspecified atom stereocenters. The van der Waals surface area contributed by atoms with Crippen LogP contribution >= 0.6 is 0 Å². The molecule has 0 saturated heterocycles. The van der Waals surface area contributed by atoms with E-state index >= 15 is 0 Å². The molecule has 0 amide bonds. The number of esters is 3. The monoisotopic (exact) mass is 929 g/mol. The summed E-state index contributed by atoms with van der Waals surface area (Å²) in [4.78, 5) is 38.1. The first kappa shape index (κ1) is 63.1. The molecule has 0 rings (SSSR count). The molecule has 0 heterocycles. The van der Waals surface area contributed by atoms with Crippen LogP contribution in [0.15, 0.2) is 109 Å². The molecule has 0 saturated carbocycles. The standard InChI is InChI=1S/C61H100O6/c1-4-7-10-13-16-19-22-25-28-30-33-35-38-41-44-47-50-53-59(62)65-56-58(67-61(64)55-52-49-46-43-40-37-32-27-24-21-18-15-12-9-6-3)57-66-60(63)54-51-48-45-42-39-36-34-31-29-26-23-20-17-14-11-8-5-2/h7,10,16-21,25-29,32-33,35,40,43,58H,4-6,8-9,11-15,22-24,30-31,34,36-39,41-42,44-57H2,1-3H3/b10-7-,19-16-,20-17-,21-18-,28-25-,29-26-,32-27-,35-33-,43-40-/t58-/m1/s1. The van der Waals surface area contributed by atoms with Crippen LogP contribution in [0.4, 0.5) is 0 Å². The molecule has 0 fully saturated rings. The topological polar surface area (TPSA) is 78.9 Å². The second kappa shape index (κ2) is 54.7. The van der Waals surface area contributed by atoms with Crippen molar-refractivity contribution in [1.82, 2.24) is 0 Å². The van der Waals surface area contributed by atoms with Gasteiger partial charge in [-0.05, 0) is 128 Å². The summed E-state index contributed by atoms with van der Waals surface area (Å²) < 4.78 is 16.8. The van der Waals surface area contributed by atoms with Crippen LogP contribution in [0.1, 0.15) is 239 Å². The van der Waals surface area contributed by atoms with E-state index in [9.17, 15) is 14.4 Å². The van der Waals surface area contributed by atoms with E-state index in [-0.39, 0.29) is 37.5 Å². The lowest BCUT2D eigenvalue weighted by atomic mass is 10.1. The van der Waals surface area contributed by atoms with Crippen LogP contribution in [0, 0.1) is 0 Å². The van der Waals surface area contributed by atoms with Gasteiger partial charge in [0.15, 0.2) is 6.10 Å². The Hall–Kier alpha value is -3.93. The summed E-state index contributed by atoms with van der Waals surface area (Å²) in [7, 11) is 0. The SMILES string of the molecule is CC/C=C\C/C=C\C/C=C\C/C=C\CCCCCCC(=O)OC[C@H](COC(=O)CCCCCCCCC/C=C\C/C=C\CCCCC)OC(=O)CCCC/C=C\C/C=C\C/C=C\CCCCC. The van der Waals surface area contributed by atoms with Crippen LogP contribution in [0.2, 0.25) is 0 Å². The van der Waals surface area contributed by atoms with Gasteiger partial charge in [0, 0.05) is 19.3 Å². The van der Waals surface area contributed by atoms with E-state index in [1.165, 1.54) is 77.0 Å². The van der Waals surface area contributed by atoms with Crippen molar-refractivity contribution in [1.29, 1.82) is 0 Å². The summed E-state index contributed by atoms with van der Waals surface area (Å²) in [5.41, 5.74) is 0. The van der Waals surface area contributed by atoms with Crippen LogP contribution in [-0.2, 0) is 28.6 Å². The molecule has 0 radical (unpaired) electrons. The Labute approximate surface area is 412 Å². The fraction of sp³-hybridized carbons (Fsp3) is 0.656. The lowest BCUT2D eigenvalue weighted by Crippen LogP contribution is -2.30. The van der Waals surface area contributed by atoms with E-state index in [2.05, 4.69) is 130 Å². The number of carbonyl (C=O) groups is 3. The lowest BCUT2D eigenvalue weighted by molar-refractivity contribution is -0.167. The highest BCUT2D eigenvalue weighted by Crippen LogP contribution is 2.13. The largest absolute Gasteiger partial charge is 0.462 e. The zero-order valence-corrected chi connectivity index (χ0v) is 43.4. The first-order chi connectivity index (χ1) is 33.0. The van der Waals surface area contributed by atoms with Crippen molar-refractivity contribution in [3.05, 3.63) is 109 Å². The number of hydrogen-bond donors (Lipinski definition) is 0. The number of unbranched alkanes of at least 4 members (excludes halogenated alkanes) is 19. The van der Waals surface area contributed by atoms with E-state index in [4.69, 9.17) is 14.2 Å². The van der Waals surface area contributed by atoms with Crippen molar-refractivity contribution in [2.24, 2.45) is 0 Å². The Morgan fingerprint density at radius 2 is 0.582 bits per heavy atom. The van der Waals surface area contributed by atoms with Crippen molar-refractivity contribution in [2.45, 2.75) is 245 Å². The van der Waals surface area contributed by atoms with Crippen LogP contribution in [0.5, 0.6) is 0 Å². The number of rotatable bonds is 48. The van der Waals surface area contributed by atoms with Gasteiger partial charge in [-0.3, -0.25) is 14.4 Å². The predicted molar refractivity (Wildman–Crippen MR) is 288 cm³/mol. The van der Waals surface area contributed by atoms with Crippen molar-refractivity contribution in [3.63, 3.8) is 0 Å². The first-order valence-corrected chi connectivity index (χ1v) is 27.4. The molecule has 0 bridgehead atoms. The Balaban J connectivity index is 4.51. The second-order valence-electron chi connectivity index (χ2n) is 17.7. The van der Waals surface area contributed by atoms with E-state index < -0.39 is 6.10 Å². The molecule has 6 heteroatoms. The molecule has 380 valence electrons. The Bertz CT molecular complexity index is 1390. The summed E-state index contributed by atoms with van der Waals surface area (Å²) in [6.45, 7) is 6.41. The maximum atomic E-state index is 12.8. The molecule has 0 aromatic heterocycles. The highest BCUT2D eigenvalue weighted by molar-refractivity contribution is 5.71. The Kier molecular flexibility index (Phi) is 51.5. The summed E-state index contributed by atoms with van der Waals surface area (Å²) in [5, 5.41) is 0. The zero-order chi connectivity index (χ0) is 48.6. The second-order valence-corrected chi connectivity index (χ2v) is 17.7. The molecular formula is C61H100O6. The summed E-state index contributed by atoms with van der Waals surface area (Å²) in [5.74, 6) is -0.980. The lowest BCUT2D eigenvalue weighted by Gasteiger charge is -2.18. The van der Waals surface area contributed by atoms with Crippen molar-refractivity contribution in [3.8, 4) is 0 Å². The molecule has 0 aliphatic carbocycles.